The van der Waals surface area contributed by atoms with Gasteiger partial charge in [0.25, 0.3) is 0 Å². The molecule has 2 rings (SSSR count). The van der Waals surface area contributed by atoms with Gasteiger partial charge in [-0.3, -0.25) is 0 Å². The molecule has 76 valence electrons. The smallest absolute Gasteiger partial charge is 0.128 e. The van der Waals surface area contributed by atoms with E-state index in [-0.39, 0.29) is 11.2 Å². The Kier molecular flexibility index (Phi) is 2.62. The lowest BCUT2D eigenvalue weighted by atomic mass is 9.81. The van der Waals surface area contributed by atoms with Crippen LogP contribution in [0.2, 0.25) is 0 Å². The van der Waals surface area contributed by atoms with Gasteiger partial charge in [0.05, 0.1) is 0 Å². The zero-order valence-corrected chi connectivity index (χ0v) is 9.70. The Morgan fingerprint density at radius 2 is 2.29 bits per heavy atom. The van der Waals surface area contributed by atoms with Crippen LogP contribution in [0.4, 0.5) is 4.39 Å². The standard InChI is InChI=1S/C11H13BrFN/c1-11(5-6-14-7-11)10-8(12)3-2-4-9(10)13/h2-4,14H,5-7H2,1H3. The molecule has 1 aliphatic rings. The van der Waals surface area contributed by atoms with E-state index >= 15 is 0 Å². The van der Waals surface area contributed by atoms with Crippen molar-refractivity contribution >= 4 is 15.9 Å². The molecule has 1 fully saturated rings. The Labute approximate surface area is 91.8 Å². The van der Waals surface area contributed by atoms with Crippen LogP contribution < -0.4 is 5.32 Å². The Morgan fingerprint density at radius 3 is 2.86 bits per heavy atom. The van der Waals surface area contributed by atoms with Gasteiger partial charge in [0.1, 0.15) is 5.82 Å². The first kappa shape index (κ1) is 10.1. The maximum atomic E-state index is 13.7. The maximum absolute atomic E-state index is 13.7. The number of nitrogens with one attached hydrogen (secondary N) is 1. The summed E-state index contributed by atoms with van der Waals surface area (Å²) in [5.74, 6) is -0.106. The summed E-state index contributed by atoms with van der Waals surface area (Å²) in [5.41, 5.74) is 0.745. The van der Waals surface area contributed by atoms with Crippen molar-refractivity contribution < 1.29 is 4.39 Å². The minimum atomic E-state index is -0.106. The SMILES string of the molecule is CC1(c2c(F)cccc2Br)CCNC1. The zero-order chi connectivity index (χ0) is 10.2. The summed E-state index contributed by atoms with van der Waals surface area (Å²) in [7, 11) is 0. The van der Waals surface area contributed by atoms with Gasteiger partial charge in [0.2, 0.25) is 0 Å². The molecule has 0 bridgehead atoms. The van der Waals surface area contributed by atoms with Crippen LogP contribution in [-0.4, -0.2) is 13.1 Å². The minimum Gasteiger partial charge on any atom is -0.316 e. The second-order valence-corrected chi connectivity index (χ2v) is 4.94. The van der Waals surface area contributed by atoms with Crippen LogP contribution in [0.15, 0.2) is 22.7 Å². The van der Waals surface area contributed by atoms with Crippen LogP contribution in [0.25, 0.3) is 0 Å². The van der Waals surface area contributed by atoms with Gasteiger partial charge >= 0.3 is 0 Å². The monoisotopic (exact) mass is 257 g/mol. The Hall–Kier alpha value is -0.410. The van der Waals surface area contributed by atoms with Crippen LogP contribution in [0.5, 0.6) is 0 Å². The van der Waals surface area contributed by atoms with Crippen molar-refractivity contribution in [3.05, 3.63) is 34.1 Å². The molecule has 3 heteroatoms. The highest BCUT2D eigenvalue weighted by Crippen LogP contribution is 2.36. The van der Waals surface area contributed by atoms with Crippen LogP contribution in [0.3, 0.4) is 0 Å². The highest BCUT2D eigenvalue weighted by atomic mass is 79.9. The molecule has 1 unspecified atom stereocenters. The summed E-state index contributed by atoms with van der Waals surface area (Å²) in [6.45, 7) is 3.93. The first-order valence-corrected chi connectivity index (χ1v) is 5.58. The lowest BCUT2D eigenvalue weighted by Gasteiger charge is -2.25. The molecule has 0 saturated carbocycles. The number of halogens is 2. The van der Waals surface area contributed by atoms with Gasteiger partial charge in [-0.2, -0.15) is 0 Å². The summed E-state index contributed by atoms with van der Waals surface area (Å²) in [6, 6.07) is 5.17. The quantitative estimate of drug-likeness (QED) is 0.816. The van der Waals surface area contributed by atoms with E-state index in [9.17, 15) is 4.39 Å². The van der Waals surface area contributed by atoms with Crippen molar-refractivity contribution in [1.82, 2.24) is 5.32 Å². The first-order valence-electron chi connectivity index (χ1n) is 4.79. The zero-order valence-electron chi connectivity index (χ0n) is 8.11. The van der Waals surface area contributed by atoms with E-state index in [0.29, 0.717) is 0 Å². The van der Waals surface area contributed by atoms with Crippen molar-refractivity contribution in [2.75, 3.05) is 13.1 Å². The van der Waals surface area contributed by atoms with E-state index in [4.69, 9.17) is 0 Å². The van der Waals surface area contributed by atoms with Crippen molar-refractivity contribution in [2.24, 2.45) is 0 Å². The lowest BCUT2D eigenvalue weighted by molar-refractivity contribution is 0.480. The first-order chi connectivity index (χ1) is 6.63. The average molecular weight is 258 g/mol. The van der Waals surface area contributed by atoms with E-state index in [1.807, 2.05) is 6.07 Å². The van der Waals surface area contributed by atoms with Gasteiger partial charge in [0, 0.05) is 22.0 Å². The molecule has 0 amide bonds. The van der Waals surface area contributed by atoms with Crippen LogP contribution in [-0.2, 0) is 5.41 Å². The number of hydrogen-bond acceptors (Lipinski definition) is 1. The molecule has 0 aliphatic carbocycles. The Balaban J connectivity index is 2.49. The normalized spacial score (nSPS) is 26.8. The topological polar surface area (TPSA) is 12.0 Å². The number of hydrogen-bond donors (Lipinski definition) is 1. The second kappa shape index (κ2) is 3.63. The van der Waals surface area contributed by atoms with Crippen LogP contribution in [0.1, 0.15) is 18.9 Å². The van der Waals surface area contributed by atoms with E-state index < -0.39 is 0 Å². The van der Waals surface area contributed by atoms with Crippen molar-refractivity contribution in [1.29, 1.82) is 0 Å². The molecule has 1 heterocycles. The van der Waals surface area contributed by atoms with Gasteiger partial charge in [-0.25, -0.2) is 4.39 Å². The molecule has 1 atom stereocenters. The predicted molar refractivity (Wildman–Crippen MR) is 58.9 cm³/mol. The fourth-order valence-electron chi connectivity index (χ4n) is 2.10. The molecule has 1 aromatic carbocycles. The van der Waals surface area contributed by atoms with E-state index in [1.165, 1.54) is 6.07 Å². The van der Waals surface area contributed by atoms with Crippen LogP contribution in [0, 0.1) is 5.82 Å². The summed E-state index contributed by atoms with van der Waals surface area (Å²) in [6.07, 6.45) is 0.993. The Bertz CT molecular complexity index is 325. The average Bonchev–Trinajstić information content (AvgIpc) is 2.52. The largest absolute Gasteiger partial charge is 0.316 e. The molecule has 1 N–H and O–H groups in total. The molecule has 1 saturated heterocycles. The maximum Gasteiger partial charge on any atom is 0.128 e. The molecular weight excluding hydrogens is 245 g/mol. The minimum absolute atomic E-state index is 0.0653. The third-order valence-corrected chi connectivity index (χ3v) is 3.60. The number of rotatable bonds is 1. The third kappa shape index (κ3) is 1.59. The Morgan fingerprint density at radius 1 is 1.50 bits per heavy atom. The predicted octanol–water partition coefficient (Wildman–Crippen LogP) is 2.84. The lowest BCUT2D eigenvalue weighted by Crippen LogP contribution is -2.26. The van der Waals surface area contributed by atoms with E-state index in [1.54, 1.807) is 6.07 Å². The van der Waals surface area contributed by atoms with Gasteiger partial charge < -0.3 is 5.32 Å². The van der Waals surface area contributed by atoms with E-state index in [2.05, 4.69) is 28.2 Å². The molecule has 0 aromatic heterocycles. The van der Waals surface area contributed by atoms with Gasteiger partial charge in [-0.05, 0) is 25.1 Å². The van der Waals surface area contributed by atoms with Gasteiger partial charge in [0.15, 0.2) is 0 Å². The highest BCUT2D eigenvalue weighted by Gasteiger charge is 2.34. The summed E-state index contributed by atoms with van der Waals surface area (Å²) >= 11 is 3.42. The molecule has 1 nitrogen and oxygen atoms in total. The molecule has 1 aliphatic heterocycles. The second-order valence-electron chi connectivity index (χ2n) is 4.08. The van der Waals surface area contributed by atoms with Crippen molar-refractivity contribution in [3.63, 3.8) is 0 Å². The summed E-state index contributed by atoms with van der Waals surface area (Å²) in [4.78, 5) is 0. The highest BCUT2D eigenvalue weighted by molar-refractivity contribution is 9.10. The fraction of sp³-hybridized carbons (Fsp3) is 0.455. The van der Waals surface area contributed by atoms with Crippen molar-refractivity contribution in [3.8, 4) is 0 Å². The number of benzene rings is 1. The molecule has 0 spiro atoms. The van der Waals surface area contributed by atoms with E-state index in [0.717, 1.165) is 29.5 Å². The van der Waals surface area contributed by atoms with Gasteiger partial charge in [-0.15, -0.1) is 0 Å². The fourth-order valence-corrected chi connectivity index (χ4v) is 2.93. The van der Waals surface area contributed by atoms with Crippen molar-refractivity contribution in [2.45, 2.75) is 18.8 Å². The van der Waals surface area contributed by atoms with Gasteiger partial charge in [-0.1, -0.05) is 28.9 Å². The third-order valence-electron chi connectivity index (χ3n) is 2.94. The summed E-state index contributed by atoms with van der Waals surface area (Å²) in [5, 5.41) is 3.28. The summed E-state index contributed by atoms with van der Waals surface area (Å²) < 4.78 is 14.6. The molecule has 1 aromatic rings. The molecular formula is C11H13BrFN. The molecule has 0 radical (unpaired) electrons. The van der Waals surface area contributed by atoms with Crippen LogP contribution >= 0.6 is 15.9 Å². The molecule has 14 heavy (non-hydrogen) atoms.